The normalized spacial score (nSPS) is 12.2. The van der Waals surface area contributed by atoms with Crippen LogP contribution < -0.4 is 15.9 Å². The van der Waals surface area contributed by atoms with Crippen LogP contribution in [0.4, 0.5) is 0 Å². The molecule has 0 aromatic heterocycles. The maximum atomic E-state index is 11.2. The Morgan fingerprint density at radius 1 is 1.14 bits per heavy atom. The van der Waals surface area contributed by atoms with Crippen LogP contribution in [0.2, 0.25) is 0 Å². The number of hydrogen-bond acceptors (Lipinski definition) is 4. The molecule has 2 aromatic rings. The highest BCUT2D eigenvalue weighted by Gasteiger charge is 2.35. The van der Waals surface area contributed by atoms with Crippen molar-refractivity contribution < 1.29 is 19.3 Å². The molecule has 147 valence electrons. The number of rotatable bonds is 9. The van der Waals surface area contributed by atoms with Crippen molar-refractivity contribution in [2.24, 2.45) is 5.73 Å². The van der Waals surface area contributed by atoms with Crippen LogP contribution in [0.5, 0.6) is 5.75 Å². The molecule has 0 bridgehead atoms. The molecule has 0 aliphatic carbocycles. The van der Waals surface area contributed by atoms with Crippen LogP contribution in [-0.2, 0) is 16.1 Å². The van der Waals surface area contributed by atoms with Crippen LogP contribution in [0.25, 0.3) is 6.08 Å². The predicted molar refractivity (Wildman–Crippen MR) is 112 cm³/mol. The summed E-state index contributed by atoms with van der Waals surface area (Å²) >= 11 is 0. The molecule has 1 radical (unpaired) electrons. The molecule has 0 aliphatic heterocycles. The third-order valence-electron chi connectivity index (χ3n) is 4.66. The first-order valence-corrected chi connectivity index (χ1v) is 9.10. The van der Waals surface area contributed by atoms with Crippen molar-refractivity contribution in [3.63, 3.8) is 0 Å². The monoisotopic (exact) mass is 380 g/mol. The summed E-state index contributed by atoms with van der Waals surface area (Å²) in [4.78, 5) is 11.2. The Bertz CT molecular complexity index is 826. The summed E-state index contributed by atoms with van der Waals surface area (Å²) in [6.45, 7) is 7.43. The van der Waals surface area contributed by atoms with E-state index in [2.05, 4.69) is 0 Å². The smallest absolute Gasteiger partial charge is 0.330 e. The van der Waals surface area contributed by atoms with Gasteiger partial charge in [-0.25, -0.2) is 0 Å². The molecule has 3 N–H and O–H groups in total. The van der Waals surface area contributed by atoms with Gasteiger partial charge in [0.1, 0.15) is 12.4 Å². The van der Waals surface area contributed by atoms with Gasteiger partial charge in [-0.15, -0.1) is 0 Å². The van der Waals surface area contributed by atoms with E-state index in [1.165, 1.54) is 6.08 Å². The second kappa shape index (κ2) is 9.08. The van der Waals surface area contributed by atoms with Crippen LogP contribution in [0.1, 0.15) is 38.8 Å². The Morgan fingerprint density at radius 3 is 2.43 bits per heavy atom. The van der Waals surface area contributed by atoms with Gasteiger partial charge in [0.15, 0.2) is 0 Å². The van der Waals surface area contributed by atoms with Crippen molar-refractivity contribution in [1.29, 1.82) is 0 Å². The minimum Gasteiger partial charge on any atom is -0.488 e. The quantitative estimate of drug-likeness (QED) is 0.518. The van der Waals surface area contributed by atoms with E-state index >= 15 is 0 Å². The molecule has 0 spiro atoms. The van der Waals surface area contributed by atoms with Gasteiger partial charge in [0.25, 0.3) is 0 Å². The van der Waals surface area contributed by atoms with Gasteiger partial charge in [0.2, 0.25) is 5.91 Å². The van der Waals surface area contributed by atoms with E-state index in [-0.39, 0.29) is 0 Å². The minimum atomic E-state index is -1.02. The van der Waals surface area contributed by atoms with Gasteiger partial charge in [-0.2, -0.15) is 0 Å². The molecular weight excluding hydrogens is 353 g/mol. The molecule has 2 aromatic carbocycles. The Balaban J connectivity index is 2.18. The first kappa shape index (κ1) is 21.7. The molecule has 0 unspecified atom stereocenters. The number of carbonyl (C=O) groups excluding carboxylic acids is 1. The van der Waals surface area contributed by atoms with Crippen LogP contribution in [-0.4, -0.2) is 29.7 Å². The van der Waals surface area contributed by atoms with Gasteiger partial charge in [-0.05, 0) is 45.4 Å². The first-order chi connectivity index (χ1) is 13.1. The Kier molecular flexibility index (Phi) is 7.05. The molecule has 6 heteroatoms. The number of benzene rings is 2. The van der Waals surface area contributed by atoms with Gasteiger partial charge in [-0.1, -0.05) is 47.9 Å². The lowest BCUT2D eigenvalue weighted by atomic mass is 9.82. The SMILES string of the molecule is CC(C)(O)C(C)(C)O[B]c1ccc(OCc2ccccc2)c(/C=C/C(N)=O)c1. The fourth-order valence-corrected chi connectivity index (χ4v) is 2.17. The van der Waals surface area contributed by atoms with Gasteiger partial charge in [0.05, 0.1) is 11.2 Å². The van der Waals surface area contributed by atoms with E-state index in [9.17, 15) is 9.90 Å². The van der Waals surface area contributed by atoms with Crippen molar-refractivity contribution >= 4 is 24.9 Å². The third-order valence-corrected chi connectivity index (χ3v) is 4.66. The topological polar surface area (TPSA) is 81.8 Å². The lowest BCUT2D eigenvalue weighted by Crippen LogP contribution is -2.49. The summed E-state index contributed by atoms with van der Waals surface area (Å²) in [7, 11) is 1.58. The highest BCUT2D eigenvalue weighted by Crippen LogP contribution is 2.25. The summed E-state index contributed by atoms with van der Waals surface area (Å²) in [5.74, 6) is 0.0862. The first-order valence-electron chi connectivity index (χ1n) is 9.10. The van der Waals surface area contributed by atoms with E-state index < -0.39 is 17.1 Å². The van der Waals surface area contributed by atoms with Gasteiger partial charge in [0, 0.05) is 11.6 Å². The van der Waals surface area contributed by atoms with Crippen molar-refractivity contribution in [3.8, 4) is 5.75 Å². The molecule has 0 fully saturated rings. The van der Waals surface area contributed by atoms with Crippen molar-refractivity contribution in [2.75, 3.05) is 0 Å². The number of hydrogen-bond donors (Lipinski definition) is 2. The molecular formula is C22H27BNO4. The van der Waals surface area contributed by atoms with Crippen molar-refractivity contribution in [1.82, 2.24) is 0 Å². The molecule has 2 rings (SSSR count). The number of aliphatic hydroxyl groups is 1. The summed E-state index contributed by atoms with van der Waals surface area (Å²) in [6, 6.07) is 15.3. The van der Waals surface area contributed by atoms with Crippen LogP contribution in [0.3, 0.4) is 0 Å². The molecule has 0 saturated carbocycles. The zero-order valence-corrected chi connectivity index (χ0v) is 16.8. The van der Waals surface area contributed by atoms with Gasteiger partial charge >= 0.3 is 7.48 Å². The molecule has 0 saturated heterocycles. The number of carbonyl (C=O) groups is 1. The lowest BCUT2D eigenvalue weighted by Gasteiger charge is -2.37. The average Bonchev–Trinajstić information content (AvgIpc) is 2.63. The number of primary amides is 1. The number of nitrogens with two attached hydrogens (primary N) is 1. The summed E-state index contributed by atoms with van der Waals surface area (Å²) < 4.78 is 11.7. The third kappa shape index (κ3) is 6.25. The molecule has 0 atom stereocenters. The molecule has 1 amide bonds. The zero-order chi connectivity index (χ0) is 20.8. The largest absolute Gasteiger partial charge is 0.488 e. The van der Waals surface area contributed by atoms with E-state index in [1.54, 1.807) is 27.4 Å². The number of ether oxygens (including phenoxy) is 1. The maximum absolute atomic E-state index is 11.2. The van der Waals surface area contributed by atoms with Crippen LogP contribution in [0.15, 0.2) is 54.6 Å². The number of amides is 1. The molecule has 28 heavy (non-hydrogen) atoms. The van der Waals surface area contributed by atoms with E-state index in [1.807, 2.05) is 62.4 Å². The Hall–Kier alpha value is -2.57. The minimum absolute atomic E-state index is 0.406. The van der Waals surface area contributed by atoms with E-state index in [0.717, 1.165) is 11.0 Å². The van der Waals surface area contributed by atoms with E-state index in [0.29, 0.717) is 17.9 Å². The predicted octanol–water partition coefficient (Wildman–Crippen LogP) is 2.57. The van der Waals surface area contributed by atoms with Crippen molar-refractivity contribution in [2.45, 2.75) is 45.5 Å². The highest BCUT2D eigenvalue weighted by molar-refractivity contribution is 6.47. The average molecular weight is 380 g/mol. The molecule has 0 aliphatic rings. The van der Waals surface area contributed by atoms with Gasteiger partial charge in [-0.3, -0.25) is 4.79 Å². The maximum Gasteiger partial charge on any atom is 0.330 e. The van der Waals surface area contributed by atoms with Crippen molar-refractivity contribution in [3.05, 3.63) is 65.7 Å². The Labute approximate surface area is 167 Å². The second-order valence-corrected chi connectivity index (χ2v) is 7.61. The fraction of sp³-hybridized carbons (Fsp3) is 0.318. The summed E-state index contributed by atoms with van der Waals surface area (Å²) in [5, 5.41) is 10.2. The van der Waals surface area contributed by atoms with Gasteiger partial charge < -0.3 is 20.2 Å². The molecule has 0 heterocycles. The zero-order valence-electron chi connectivity index (χ0n) is 16.8. The fourth-order valence-electron chi connectivity index (χ4n) is 2.17. The summed E-state index contributed by atoms with van der Waals surface area (Å²) in [6.07, 6.45) is 2.90. The summed E-state index contributed by atoms with van der Waals surface area (Å²) in [5.41, 5.74) is 5.95. The Morgan fingerprint density at radius 2 is 1.82 bits per heavy atom. The molecule has 5 nitrogen and oxygen atoms in total. The van der Waals surface area contributed by atoms with E-state index in [4.69, 9.17) is 15.1 Å². The highest BCUT2D eigenvalue weighted by atomic mass is 16.5. The van der Waals surface area contributed by atoms with Crippen LogP contribution in [0, 0.1) is 0 Å². The van der Waals surface area contributed by atoms with Crippen LogP contribution >= 0.6 is 0 Å². The standard InChI is InChI=1S/C22H27BNO4/c1-21(2,26)22(3,4)28-23-18-11-12-19(17(14-18)10-13-20(24)25)27-15-16-8-6-5-7-9-16/h5-14,26H,15H2,1-4H3,(H2,24,25)/b13-10+. The lowest BCUT2D eigenvalue weighted by molar-refractivity contribution is -0.113. The second-order valence-electron chi connectivity index (χ2n) is 7.61.